The first-order valence-corrected chi connectivity index (χ1v) is 9.55. The van der Waals surface area contributed by atoms with Crippen molar-refractivity contribution < 1.29 is 4.79 Å². The fraction of sp³-hybridized carbons (Fsp3) is 0.550. The van der Waals surface area contributed by atoms with Gasteiger partial charge in [0.25, 0.3) is 0 Å². The molecule has 0 N–H and O–H groups in total. The number of amides is 1. The molecule has 26 heavy (non-hydrogen) atoms. The van der Waals surface area contributed by atoms with Crippen molar-refractivity contribution in [2.75, 3.05) is 13.1 Å². The molecule has 3 heterocycles. The number of hydrogen-bond donors (Lipinski definition) is 0. The summed E-state index contributed by atoms with van der Waals surface area (Å²) >= 11 is 0. The predicted molar refractivity (Wildman–Crippen MR) is 99.1 cm³/mol. The zero-order valence-corrected chi connectivity index (χ0v) is 15.5. The Kier molecular flexibility index (Phi) is 4.42. The molecule has 1 saturated heterocycles. The van der Waals surface area contributed by atoms with Gasteiger partial charge in [-0.05, 0) is 37.7 Å². The summed E-state index contributed by atoms with van der Waals surface area (Å²) in [6.07, 6.45) is 3.44. The van der Waals surface area contributed by atoms with E-state index in [-0.39, 0.29) is 17.6 Å². The van der Waals surface area contributed by atoms with Crippen LogP contribution < -0.4 is 5.69 Å². The van der Waals surface area contributed by atoms with Crippen LogP contribution in [-0.2, 0) is 17.8 Å². The van der Waals surface area contributed by atoms with Gasteiger partial charge in [-0.25, -0.2) is 9.48 Å². The molecule has 138 valence electrons. The van der Waals surface area contributed by atoms with E-state index in [4.69, 9.17) is 0 Å². The smallest absolute Gasteiger partial charge is 0.341 e. The van der Waals surface area contributed by atoms with E-state index in [0.717, 1.165) is 50.2 Å². The molecule has 0 bridgehead atoms. The average Bonchev–Trinajstić information content (AvgIpc) is 3.20. The maximum Gasteiger partial charge on any atom is 0.346 e. The molecule has 2 aliphatic rings. The number of aryl methyl sites for hydroxylation is 2. The van der Waals surface area contributed by atoms with Crippen LogP contribution in [-0.4, -0.2) is 38.2 Å². The molecule has 1 aromatic carbocycles. The lowest BCUT2D eigenvalue weighted by Gasteiger charge is -2.27. The van der Waals surface area contributed by atoms with Crippen LogP contribution in [0, 0.1) is 12.8 Å². The number of benzene rings is 1. The maximum absolute atomic E-state index is 13.0. The third-order valence-electron chi connectivity index (χ3n) is 5.60. The van der Waals surface area contributed by atoms with E-state index in [2.05, 4.69) is 12.0 Å². The lowest BCUT2D eigenvalue weighted by molar-refractivity contribution is -0.134. The molecule has 6 heteroatoms. The Labute approximate surface area is 153 Å². The molecule has 0 saturated carbocycles. The van der Waals surface area contributed by atoms with Crippen molar-refractivity contribution in [1.82, 2.24) is 19.2 Å². The number of likely N-dealkylation sites (tertiary alicyclic amines) is 1. The minimum Gasteiger partial charge on any atom is -0.341 e. The number of aromatic nitrogens is 3. The third-order valence-corrected chi connectivity index (χ3v) is 5.60. The van der Waals surface area contributed by atoms with E-state index in [1.54, 1.807) is 4.57 Å². The Hall–Kier alpha value is -2.37. The number of hydrogen-bond acceptors (Lipinski definition) is 3. The summed E-state index contributed by atoms with van der Waals surface area (Å²) in [6, 6.07) is 7.74. The molecule has 6 nitrogen and oxygen atoms in total. The molecule has 2 aromatic rings. The molecular formula is C20H26N4O2. The van der Waals surface area contributed by atoms with Crippen molar-refractivity contribution >= 4 is 5.91 Å². The second kappa shape index (κ2) is 6.74. The molecule has 0 spiro atoms. The summed E-state index contributed by atoms with van der Waals surface area (Å²) in [6.45, 7) is 6.27. The molecule has 2 atom stereocenters. The van der Waals surface area contributed by atoms with Crippen molar-refractivity contribution in [3.8, 4) is 0 Å². The standard InChI is InChI=1S/C20H26N4O2/c1-14-6-8-16(9-7-14)13-23-20(26)24-17(4-3-5-18(24)21-23)19(25)22-11-10-15(2)12-22/h6-9,15,17H,3-5,10-13H2,1-2H3. The lowest BCUT2D eigenvalue weighted by atomic mass is 10.0. The van der Waals surface area contributed by atoms with E-state index < -0.39 is 0 Å². The van der Waals surface area contributed by atoms with Crippen LogP contribution in [0.15, 0.2) is 29.1 Å². The minimum atomic E-state index is -0.386. The molecule has 1 amide bonds. The highest BCUT2D eigenvalue weighted by atomic mass is 16.2. The molecular weight excluding hydrogens is 328 g/mol. The number of carbonyl (C=O) groups is 1. The molecule has 4 rings (SSSR count). The Morgan fingerprint density at radius 1 is 1.23 bits per heavy atom. The largest absolute Gasteiger partial charge is 0.346 e. The van der Waals surface area contributed by atoms with Crippen LogP contribution in [0.5, 0.6) is 0 Å². The molecule has 0 aliphatic carbocycles. The van der Waals surface area contributed by atoms with Gasteiger partial charge in [-0.15, -0.1) is 0 Å². The quantitative estimate of drug-likeness (QED) is 0.848. The first-order valence-electron chi connectivity index (χ1n) is 9.55. The highest BCUT2D eigenvalue weighted by Gasteiger charge is 2.35. The summed E-state index contributed by atoms with van der Waals surface area (Å²) in [5.74, 6) is 1.38. The van der Waals surface area contributed by atoms with E-state index in [9.17, 15) is 9.59 Å². The van der Waals surface area contributed by atoms with E-state index in [1.165, 1.54) is 10.2 Å². The zero-order valence-electron chi connectivity index (χ0n) is 15.5. The number of carbonyl (C=O) groups excluding carboxylic acids is 1. The highest BCUT2D eigenvalue weighted by Crippen LogP contribution is 2.26. The van der Waals surface area contributed by atoms with Crippen LogP contribution in [0.1, 0.15) is 49.2 Å². The van der Waals surface area contributed by atoms with E-state index >= 15 is 0 Å². The molecule has 2 unspecified atom stereocenters. The van der Waals surface area contributed by atoms with Gasteiger partial charge in [0.15, 0.2) is 0 Å². The average molecular weight is 354 g/mol. The second-order valence-corrected chi connectivity index (χ2v) is 7.80. The summed E-state index contributed by atoms with van der Waals surface area (Å²) in [5, 5.41) is 4.54. The van der Waals surface area contributed by atoms with Crippen LogP contribution in [0.3, 0.4) is 0 Å². The van der Waals surface area contributed by atoms with Gasteiger partial charge in [0.05, 0.1) is 6.54 Å². The number of nitrogens with zero attached hydrogens (tertiary/aromatic N) is 4. The maximum atomic E-state index is 13.0. The Morgan fingerprint density at radius 3 is 2.69 bits per heavy atom. The zero-order chi connectivity index (χ0) is 18.3. The molecule has 1 fully saturated rings. The van der Waals surface area contributed by atoms with Crippen molar-refractivity contribution in [2.24, 2.45) is 5.92 Å². The highest BCUT2D eigenvalue weighted by molar-refractivity contribution is 5.81. The summed E-state index contributed by atoms with van der Waals surface area (Å²) in [7, 11) is 0. The topological polar surface area (TPSA) is 60.1 Å². The van der Waals surface area contributed by atoms with Gasteiger partial charge >= 0.3 is 5.69 Å². The van der Waals surface area contributed by atoms with E-state index in [1.807, 2.05) is 36.1 Å². The van der Waals surface area contributed by atoms with Gasteiger partial charge < -0.3 is 4.90 Å². The van der Waals surface area contributed by atoms with Crippen LogP contribution in [0.4, 0.5) is 0 Å². The fourth-order valence-electron chi connectivity index (χ4n) is 4.08. The second-order valence-electron chi connectivity index (χ2n) is 7.80. The number of fused-ring (bicyclic) bond motifs is 1. The van der Waals surface area contributed by atoms with Gasteiger partial charge in [0.2, 0.25) is 5.91 Å². The summed E-state index contributed by atoms with van der Waals surface area (Å²) in [4.78, 5) is 27.9. The Balaban J connectivity index is 1.62. The van der Waals surface area contributed by atoms with Gasteiger partial charge in [-0.3, -0.25) is 9.36 Å². The van der Waals surface area contributed by atoms with E-state index in [0.29, 0.717) is 12.5 Å². The Bertz CT molecular complexity index is 865. The van der Waals surface area contributed by atoms with Gasteiger partial charge in [0, 0.05) is 19.5 Å². The lowest BCUT2D eigenvalue weighted by Crippen LogP contribution is -2.41. The third kappa shape index (κ3) is 3.08. The fourth-order valence-corrected chi connectivity index (χ4v) is 4.08. The van der Waals surface area contributed by atoms with Crippen molar-refractivity contribution in [3.63, 3.8) is 0 Å². The van der Waals surface area contributed by atoms with Crippen molar-refractivity contribution in [2.45, 2.75) is 52.1 Å². The Morgan fingerprint density at radius 2 is 2.00 bits per heavy atom. The van der Waals surface area contributed by atoms with Crippen molar-refractivity contribution in [1.29, 1.82) is 0 Å². The normalized spacial score (nSPS) is 22.5. The first kappa shape index (κ1) is 17.1. The SMILES string of the molecule is Cc1ccc(Cn2nc3n(c2=O)C(C(=O)N2CCC(C)C2)CCC3)cc1. The van der Waals surface area contributed by atoms with Crippen LogP contribution in [0.2, 0.25) is 0 Å². The summed E-state index contributed by atoms with van der Waals surface area (Å²) < 4.78 is 3.17. The van der Waals surface area contributed by atoms with Gasteiger partial charge in [0.1, 0.15) is 11.9 Å². The van der Waals surface area contributed by atoms with Crippen LogP contribution in [0.25, 0.3) is 0 Å². The first-order chi connectivity index (χ1) is 12.5. The van der Waals surface area contributed by atoms with Crippen molar-refractivity contribution in [3.05, 3.63) is 51.7 Å². The monoisotopic (exact) mass is 354 g/mol. The molecule has 0 radical (unpaired) electrons. The minimum absolute atomic E-state index is 0.0901. The van der Waals surface area contributed by atoms with Gasteiger partial charge in [-0.2, -0.15) is 5.10 Å². The van der Waals surface area contributed by atoms with Gasteiger partial charge in [-0.1, -0.05) is 36.8 Å². The van der Waals surface area contributed by atoms with Crippen LogP contribution >= 0.6 is 0 Å². The molecule has 2 aliphatic heterocycles. The predicted octanol–water partition coefficient (Wildman–Crippen LogP) is 2.15. The summed E-state index contributed by atoms with van der Waals surface area (Å²) in [5.41, 5.74) is 2.07. The number of rotatable bonds is 3. The molecule has 1 aromatic heterocycles.